The highest BCUT2D eigenvalue weighted by atomic mass is 35.5. The molecule has 2 N–H and O–H groups in total. The SMILES string of the molecule is Cc1nc2ccc(NC(=O)c3nnc(Cl)s3)cc2[nH]1. The molecule has 19 heavy (non-hydrogen) atoms. The van der Waals surface area contributed by atoms with Gasteiger partial charge in [-0.05, 0) is 36.7 Å². The highest BCUT2D eigenvalue weighted by Gasteiger charge is 2.12. The van der Waals surface area contributed by atoms with Gasteiger partial charge in [-0.1, -0.05) is 11.3 Å². The van der Waals surface area contributed by atoms with Gasteiger partial charge in [0.05, 0.1) is 11.0 Å². The number of hydrogen-bond acceptors (Lipinski definition) is 5. The van der Waals surface area contributed by atoms with Gasteiger partial charge < -0.3 is 10.3 Å². The first-order chi connectivity index (χ1) is 9.11. The van der Waals surface area contributed by atoms with Gasteiger partial charge in [-0.15, -0.1) is 10.2 Å². The topological polar surface area (TPSA) is 83.6 Å². The average molecular weight is 294 g/mol. The van der Waals surface area contributed by atoms with Crippen LogP contribution in [-0.4, -0.2) is 26.1 Å². The molecule has 3 rings (SSSR count). The van der Waals surface area contributed by atoms with Gasteiger partial charge in [0.15, 0.2) is 0 Å². The van der Waals surface area contributed by atoms with Crippen molar-refractivity contribution in [3.63, 3.8) is 0 Å². The number of aryl methyl sites for hydroxylation is 1. The maximum absolute atomic E-state index is 11.9. The van der Waals surface area contributed by atoms with Crippen molar-refractivity contribution in [2.24, 2.45) is 0 Å². The van der Waals surface area contributed by atoms with Gasteiger partial charge in [-0.25, -0.2) is 4.98 Å². The van der Waals surface area contributed by atoms with Crippen molar-refractivity contribution < 1.29 is 4.79 Å². The summed E-state index contributed by atoms with van der Waals surface area (Å²) in [7, 11) is 0. The summed E-state index contributed by atoms with van der Waals surface area (Å²) in [5, 5.41) is 10.2. The second-order valence-electron chi connectivity index (χ2n) is 3.87. The lowest BCUT2D eigenvalue weighted by molar-refractivity contribution is 0.102. The Morgan fingerprint density at radius 3 is 3.00 bits per heavy atom. The zero-order chi connectivity index (χ0) is 13.4. The molecule has 0 spiro atoms. The first kappa shape index (κ1) is 12.1. The van der Waals surface area contributed by atoms with Gasteiger partial charge in [-0.3, -0.25) is 4.79 Å². The predicted molar refractivity (Wildman–Crippen MR) is 73.7 cm³/mol. The van der Waals surface area contributed by atoms with E-state index in [0.717, 1.165) is 28.2 Å². The molecule has 0 aliphatic carbocycles. The summed E-state index contributed by atoms with van der Waals surface area (Å²) in [6.45, 7) is 1.88. The Hall–Kier alpha value is -1.99. The number of imidazole rings is 1. The molecule has 96 valence electrons. The molecule has 0 radical (unpaired) electrons. The summed E-state index contributed by atoms with van der Waals surface area (Å²) in [4.78, 5) is 19.3. The van der Waals surface area contributed by atoms with Gasteiger partial charge >= 0.3 is 0 Å². The number of halogens is 1. The first-order valence-electron chi connectivity index (χ1n) is 5.38. The first-order valence-corrected chi connectivity index (χ1v) is 6.58. The second-order valence-corrected chi connectivity index (χ2v) is 5.43. The minimum atomic E-state index is -0.333. The van der Waals surface area contributed by atoms with Crippen LogP contribution in [0.15, 0.2) is 18.2 Å². The number of benzene rings is 1. The maximum atomic E-state index is 11.9. The lowest BCUT2D eigenvalue weighted by atomic mass is 10.3. The number of fused-ring (bicyclic) bond motifs is 1. The summed E-state index contributed by atoms with van der Waals surface area (Å²) in [6.07, 6.45) is 0. The van der Waals surface area contributed by atoms with Crippen molar-refractivity contribution in [2.75, 3.05) is 5.32 Å². The molecule has 2 aromatic heterocycles. The molecule has 0 fully saturated rings. The third kappa shape index (κ3) is 2.42. The van der Waals surface area contributed by atoms with Crippen molar-refractivity contribution in [1.82, 2.24) is 20.2 Å². The Balaban J connectivity index is 1.86. The fourth-order valence-electron chi connectivity index (χ4n) is 1.70. The quantitative estimate of drug-likeness (QED) is 0.761. The smallest absolute Gasteiger partial charge is 0.286 e. The van der Waals surface area contributed by atoms with Crippen LogP contribution in [0.1, 0.15) is 15.6 Å². The highest BCUT2D eigenvalue weighted by molar-refractivity contribution is 7.17. The number of carbonyl (C=O) groups is 1. The fraction of sp³-hybridized carbons (Fsp3) is 0.0909. The fourth-order valence-corrected chi connectivity index (χ4v) is 2.42. The van der Waals surface area contributed by atoms with Crippen molar-refractivity contribution in [3.8, 4) is 0 Å². The maximum Gasteiger partial charge on any atom is 0.286 e. The molecular weight excluding hydrogens is 286 g/mol. The number of aromatic nitrogens is 4. The Labute approximate surface area is 116 Å². The third-order valence-corrected chi connectivity index (χ3v) is 3.47. The van der Waals surface area contributed by atoms with Crippen LogP contribution >= 0.6 is 22.9 Å². The largest absolute Gasteiger partial charge is 0.342 e. The zero-order valence-electron chi connectivity index (χ0n) is 9.77. The van der Waals surface area contributed by atoms with E-state index in [2.05, 4.69) is 25.5 Å². The molecule has 6 nitrogen and oxygen atoms in total. The molecule has 2 heterocycles. The monoisotopic (exact) mass is 293 g/mol. The molecule has 0 saturated carbocycles. The number of hydrogen-bond donors (Lipinski definition) is 2. The zero-order valence-corrected chi connectivity index (χ0v) is 11.3. The number of amides is 1. The Morgan fingerprint density at radius 2 is 2.26 bits per heavy atom. The highest BCUT2D eigenvalue weighted by Crippen LogP contribution is 2.19. The van der Waals surface area contributed by atoms with E-state index >= 15 is 0 Å². The molecule has 1 amide bonds. The molecule has 1 aromatic carbocycles. The number of rotatable bonds is 2. The molecule has 0 atom stereocenters. The average Bonchev–Trinajstić information content (AvgIpc) is 2.93. The molecule has 0 bridgehead atoms. The summed E-state index contributed by atoms with van der Waals surface area (Å²) >= 11 is 6.67. The Kier molecular flexibility index (Phi) is 2.92. The Morgan fingerprint density at radius 1 is 1.42 bits per heavy atom. The number of H-pyrrole nitrogens is 1. The second kappa shape index (κ2) is 4.60. The van der Waals surface area contributed by atoms with Crippen molar-refractivity contribution in [1.29, 1.82) is 0 Å². The molecule has 8 heteroatoms. The van der Waals surface area contributed by atoms with Crippen LogP contribution in [0.2, 0.25) is 4.47 Å². The summed E-state index contributed by atoms with van der Waals surface area (Å²) in [6, 6.07) is 5.43. The summed E-state index contributed by atoms with van der Waals surface area (Å²) in [5.74, 6) is 0.495. The van der Waals surface area contributed by atoms with Gasteiger partial charge in [0.1, 0.15) is 5.82 Å². The van der Waals surface area contributed by atoms with Gasteiger partial charge in [-0.2, -0.15) is 0 Å². The molecule has 0 saturated heterocycles. The third-order valence-electron chi connectivity index (χ3n) is 2.45. The minimum absolute atomic E-state index is 0.228. The van der Waals surface area contributed by atoms with E-state index in [1.165, 1.54) is 0 Å². The van der Waals surface area contributed by atoms with E-state index in [9.17, 15) is 4.79 Å². The van der Waals surface area contributed by atoms with E-state index in [-0.39, 0.29) is 15.4 Å². The van der Waals surface area contributed by atoms with Crippen LogP contribution in [0.25, 0.3) is 11.0 Å². The number of nitrogens with one attached hydrogen (secondary N) is 2. The Bertz CT molecular complexity index is 765. The predicted octanol–water partition coefficient (Wildman–Crippen LogP) is 2.63. The van der Waals surface area contributed by atoms with Crippen LogP contribution < -0.4 is 5.32 Å². The van der Waals surface area contributed by atoms with Gasteiger partial charge in [0.25, 0.3) is 5.91 Å². The van der Waals surface area contributed by atoms with Crippen LogP contribution in [0, 0.1) is 6.92 Å². The summed E-state index contributed by atoms with van der Waals surface area (Å²) in [5.41, 5.74) is 2.38. The molecule has 0 aliphatic heterocycles. The van der Waals surface area contributed by atoms with Crippen LogP contribution in [0.5, 0.6) is 0 Å². The van der Waals surface area contributed by atoms with Crippen molar-refractivity contribution in [3.05, 3.63) is 33.5 Å². The van der Waals surface area contributed by atoms with E-state index in [1.54, 1.807) is 6.07 Å². The normalized spacial score (nSPS) is 10.8. The number of anilines is 1. The molecular formula is C11H8ClN5OS. The standard InChI is InChI=1S/C11H8ClN5OS/c1-5-13-7-3-2-6(4-8(7)14-5)15-9(18)10-16-17-11(12)19-10/h2-4H,1H3,(H,13,14)(H,15,18). The van der Waals surface area contributed by atoms with Gasteiger partial charge in [0, 0.05) is 5.69 Å². The van der Waals surface area contributed by atoms with Gasteiger partial charge in [0.2, 0.25) is 9.47 Å². The van der Waals surface area contributed by atoms with E-state index in [0.29, 0.717) is 5.69 Å². The molecule has 0 unspecified atom stereocenters. The van der Waals surface area contributed by atoms with Crippen LogP contribution in [0.4, 0.5) is 5.69 Å². The number of carbonyl (C=O) groups excluding carboxylic acids is 1. The lowest BCUT2D eigenvalue weighted by Crippen LogP contribution is -2.11. The van der Waals surface area contributed by atoms with Crippen molar-refractivity contribution >= 4 is 45.6 Å². The van der Waals surface area contributed by atoms with E-state index < -0.39 is 0 Å². The summed E-state index contributed by atoms with van der Waals surface area (Å²) < 4.78 is 0.241. The number of nitrogens with zero attached hydrogens (tertiary/aromatic N) is 3. The van der Waals surface area contributed by atoms with E-state index in [1.807, 2.05) is 19.1 Å². The van der Waals surface area contributed by atoms with E-state index in [4.69, 9.17) is 11.6 Å². The molecule has 3 aromatic rings. The van der Waals surface area contributed by atoms with Crippen LogP contribution in [-0.2, 0) is 0 Å². The van der Waals surface area contributed by atoms with Crippen molar-refractivity contribution in [2.45, 2.75) is 6.92 Å². The lowest BCUT2D eigenvalue weighted by Gasteiger charge is -2.01. The minimum Gasteiger partial charge on any atom is -0.342 e. The molecule has 0 aliphatic rings. The van der Waals surface area contributed by atoms with Crippen LogP contribution in [0.3, 0.4) is 0 Å². The number of aromatic amines is 1.